The van der Waals surface area contributed by atoms with Crippen molar-refractivity contribution in [1.29, 1.82) is 10.5 Å². The standard InChI is InChI=1S/C18H22N6O2S4/c1-17(9-19,5-3-13(25)11-7-29-15(27)21-11)23-24-18(2,10-20)6-4-14(26)12-8-30-16(28)22-12/h11-12H,3-8H2,1-2H3,(H,21,27)(H,22,28). The zero-order valence-electron chi connectivity index (χ0n) is 16.6. The molecule has 2 fully saturated rings. The third-order valence-electron chi connectivity index (χ3n) is 4.81. The summed E-state index contributed by atoms with van der Waals surface area (Å²) in [5.74, 6) is 1.10. The Hall–Kier alpha value is -1.60. The van der Waals surface area contributed by atoms with Crippen LogP contribution in [0.2, 0.25) is 0 Å². The van der Waals surface area contributed by atoms with Gasteiger partial charge in [-0.1, -0.05) is 48.0 Å². The highest BCUT2D eigenvalue weighted by Crippen LogP contribution is 2.25. The minimum atomic E-state index is -1.24. The number of hydrogen-bond acceptors (Lipinski definition) is 10. The predicted octanol–water partition coefficient (Wildman–Crippen LogP) is 2.68. The van der Waals surface area contributed by atoms with Gasteiger partial charge in [0.1, 0.15) is 8.64 Å². The molecule has 4 unspecified atom stereocenters. The van der Waals surface area contributed by atoms with Crippen molar-refractivity contribution in [2.24, 2.45) is 10.2 Å². The molecule has 0 aromatic carbocycles. The third-order valence-corrected chi connectivity index (χ3v) is 7.52. The van der Waals surface area contributed by atoms with Gasteiger partial charge in [0.15, 0.2) is 22.6 Å². The van der Waals surface area contributed by atoms with Gasteiger partial charge in [0, 0.05) is 24.3 Å². The molecule has 2 N–H and O–H groups in total. The summed E-state index contributed by atoms with van der Waals surface area (Å²) in [7, 11) is 0. The largest absolute Gasteiger partial charge is 0.360 e. The van der Waals surface area contributed by atoms with E-state index in [9.17, 15) is 20.1 Å². The molecule has 12 heteroatoms. The lowest BCUT2D eigenvalue weighted by Crippen LogP contribution is -2.36. The van der Waals surface area contributed by atoms with E-state index in [0.717, 1.165) is 0 Å². The van der Waals surface area contributed by atoms with Gasteiger partial charge in [-0.2, -0.15) is 20.8 Å². The molecule has 2 aliphatic heterocycles. The Morgan fingerprint density at radius 1 is 0.967 bits per heavy atom. The van der Waals surface area contributed by atoms with Crippen LogP contribution >= 0.6 is 48.0 Å². The molecule has 30 heavy (non-hydrogen) atoms. The van der Waals surface area contributed by atoms with E-state index in [1.54, 1.807) is 13.8 Å². The molecule has 2 saturated heterocycles. The van der Waals surface area contributed by atoms with E-state index in [-0.39, 0.29) is 49.3 Å². The number of rotatable bonds is 10. The highest BCUT2D eigenvalue weighted by Gasteiger charge is 2.33. The molecule has 0 saturated carbocycles. The van der Waals surface area contributed by atoms with E-state index in [1.807, 2.05) is 0 Å². The number of thioether (sulfide) groups is 2. The number of hydrogen-bond donors (Lipinski definition) is 2. The second-order valence-electron chi connectivity index (χ2n) is 7.49. The number of nitriles is 2. The molecule has 4 atom stereocenters. The first-order chi connectivity index (χ1) is 14.1. The van der Waals surface area contributed by atoms with Crippen LogP contribution in [0.5, 0.6) is 0 Å². The Morgan fingerprint density at radius 2 is 1.33 bits per heavy atom. The average Bonchev–Trinajstić information content (AvgIpc) is 3.37. The number of azo groups is 1. The van der Waals surface area contributed by atoms with Crippen LogP contribution < -0.4 is 10.6 Å². The maximum atomic E-state index is 12.3. The minimum Gasteiger partial charge on any atom is -0.360 e. The monoisotopic (exact) mass is 482 g/mol. The van der Waals surface area contributed by atoms with Gasteiger partial charge in [-0.25, -0.2) is 0 Å². The first kappa shape index (κ1) is 24.7. The lowest BCUT2D eigenvalue weighted by Gasteiger charge is -2.20. The summed E-state index contributed by atoms with van der Waals surface area (Å²) in [6.45, 7) is 3.16. The second-order valence-corrected chi connectivity index (χ2v) is 10.9. The van der Waals surface area contributed by atoms with Crippen LogP contribution in [0.25, 0.3) is 0 Å². The third kappa shape index (κ3) is 6.98. The van der Waals surface area contributed by atoms with Crippen molar-refractivity contribution in [3.63, 3.8) is 0 Å². The fourth-order valence-electron chi connectivity index (χ4n) is 2.68. The summed E-state index contributed by atoms with van der Waals surface area (Å²) < 4.78 is 1.20. The Kier molecular flexibility index (Phi) is 8.73. The highest BCUT2D eigenvalue weighted by atomic mass is 32.2. The van der Waals surface area contributed by atoms with Crippen molar-refractivity contribution >= 4 is 68.2 Å². The maximum absolute atomic E-state index is 12.3. The number of carbonyl (C=O) groups is 2. The van der Waals surface area contributed by atoms with E-state index in [0.29, 0.717) is 20.1 Å². The molecule has 0 spiro atoms. The van der Waals surface area contributed by atoms with Gasteiger partial charge in [-0.15, -0.1) is 0 Å². The Bertz CT molecular complexity index is 783. The lowest BCUT2D eigenvalue weighted by molar-refractivity contribution is -0.121. The minimum absolute atomic E-state index is 0.0347. The van der Waals surface area contributed by atoms with Crippen molar-refractivity contribution in [2.45, 2.75) is 62.7 Å². The number of thiocarbonyl (C=S) groups is 2. The second kappa shape index (κ2) is 10.6. The Morgan fingerprint density at radius 3 is 1.60 bits per heavy atom. The Balaban J connectivity index is 1.92. The van der Waals surface area contributed by atoms with Crippen molar-refractivity contribution in [3.05, 3.63) is 0 Å². The maximum Gasteiger partial charge on any atom is 0.165 e. The van der Waals surface area contributed by atoms with Gasteiger partial charge < -0.3 is 10.6 Å². The van der Waals surface area contributed by atoms with Gasteiger partial charge in [-0.05, 0) is 26.7 Å². The van der Waals surface area contributed by atoms with Gasteiger partial charge in [-0.3, -0.25) is 9.59 Å². The first-order valence-corrected chi connectivity index (χ1v) is 12.1. The molecule has 2 aliphatic rings. The summed E-state index contributed by atoms with van der Waals surface area (Å²) in [6, 6.07) is 3.47. The molecule has 0 bridgehead atoms. The van der Waals surface area contributed by atoms with E-state index in [1.165, 1.54) is 23.5 Å². The SMILES string of the molecule is CC(C#N)(CCC(=O)C1CSC(=S)N1)N=NC(C)(C#N)CCC(=O)C1CSC(=S)N1. The van der Waals surface area contributed by atoms with Crippen LogP contribution in [-0.2, 0) is 9.59 Å². The summed E-state index contributed by atoms with van der Waals surface area (Å²) >= 11 is 12.9. The van der Waals surface area contributed by atoms with Gasteiger partial charge in [0.2, 0.25) is 0 Å². The van der Waals surface area contributed by atoms with Crippen LogP contribution in [-0.4, -0.2) is 54.9 Å². The van der Waals surface area contributed by atoms with Crippen LogP contribution in [0.3, 0.4) is 0 Å². The van der Waals surface area contributed by atoms with Gasteiger partial charge in [0.25, 0.3) is 0 Å². The number of nitrogens with zero attached hydrogens (tertiary/aromatic N) is 4. The van der Waals surface area contributed by atoms with Crippen LogP contribution in [0.15, 0.2) is 10.2 Å². The number of Topliss-reactive ketones (excluding diaryl/α,β-unsaturated/α-hetero) is 2. The average molecular weight is 483 g/mol. The summed E-state index contributed by atoms with van der Waals surface area (Å²) in [4.78, 5) is 24.6. The normalized spacial score (nSPS) is 24.9. The molecule has 2 heterocycles. The topological polar surface area (TPSA) is 130 Å². The molecule has 0 aromatic heterocycles. The molecular formula is C18H22N6O2S4. The van der Waals surface area contributed by atoms with Crippen LogP contribution in [0.4, 0.5) is 0 Å². The van der Waals surface area contributed by atoms with Crippen molar-refractivity contribution in [2.75, 3.05) is 11.5 Å². The summed E-state index contributed by atoms with van der Waals surface area (Å²) in [5, 5.41) is 33.2. The predicted molar refractivity (Wildman–Crippen MR) is 125 cm³/mol. The van der Waals surface area contributed by atoms with Crippen LogP contribution in [0.1, 0.15) is 39.5 Å². The summed E-state index contributed by atoms with van der Waals surface area (Å²) in [6.07, 6.45) is 0.665. The molecule has 0 aliphatic carbocycles. The molecule has 8 nitrogen and oxygen atoms in total. The molecule has 2 rings (SSSR count). The molecular weight excluding hydrogens is 461 g/mol. The summed E-state index contributed by atoms with van der Waals surface area (Å²) in [5.41, 5.74) is -2.47. The van der Waals surface area contributed by atoms with E-state index in [2.05, 4.69) is 33.0 Å². The quantitative estimate of drug-likeness (QED) is 0.354. The van der Waals surface area contributed by atoms with E-state index >= 15 is 0 Å². The number of nitrogens with one attached hydrogen (secondary N) is 2. The fourth-order valence-corrected chi connectivity index (χ4v) is 4.99. The number of ketones is 2. The zero-order valence-corrected chi connectivity index (χ0v) is 19.9. The smallest absolute Gasteiger partial charge is 0.165 e. The van der Waals surface area contributed by atoms with Crippen molar-refractivity contribution < 1.29 is 9.59 Å². The van der Waals surface area contributed by atoms with E-state index in [4.69, 9.17) is 24.4 Å². The molecule has 160 valence electrons. The van der Waals surface area contributed by atoms with Gasteiger partial charge in [0.05, 0.1) is 24.2 Å². The van der Waals surface area contributed by atoms with Gasteiger partial charge >= 0.3 is 0 Å². The fraction of sp³-hybridized carbons (Fsp3) is 0.667. The number of carbonyl (C=O) groups excluding carboxylic acids is 2. The molecule has 0 radical (unpaired) electrons. The Labute approximate surface area is 195 Å². The van der Waals surface area contributed by atoms with Crippen molar-refractivity contribution in [1.82, 2.24) is 10.6 Å². The lowest BCUT2D eigenvalue weighted by atomic mass is 9.94. The zero-order chi connectivity index (χ0) is 22.4. The van der Waals surface area contributed by atoms with E-state index < -0.39 is 11.1 Å². The molecule has 0 amide bonds. The molecule has 0 aromatic rings. The van der Waals surface area contributed by atoms with Crippen molar-refractivity contribution in [3.8, 4) is 12.1 Å². The highest BCUT2D eigenvalue weighted by molar-refractivity contribution is 8.23. The van der Waals surface area contributed by atoms with Crippen LogP contribution in [0, 0.1) is 22.7 Å². The first-order valence-electron chi connectivity index (χ1n) is 9.28.